The van der Waals surface area contributed by atoms with Gasteiger partial charge in [-0.15, -0.1) is 0 Å². The molecule has 2 heterocycles. The molecule has 1 aliphatic heterocycles. The molecule has 1 aliphatic carbocycles. The SMILES string of the molecule is CCCn1ccnc1C(N)C1(N2CCOCC2)CCCC1. The van der Waals surface area contributed by atoms with Crippen LogP contribution in [0.15, 0.2) is 12.4 Å². The number of aromatic nitrogens is 2. The van der Waals surface area contributed by atoms with Gasteiger partial charge in [0.15, 0.2) is 0 Å². The standard InChI is InChI=1S/C16H28N4O/c1-2-8-19-9-7-18-15(19)14(17)16(5-3-4-6-16)20-10-12-21-13-11-20/h7,9,14H,2-6,8,10-13,17H2,1H3. The molecule has 5 heteroatoms. The Hall–Kier alpha value is -0.910. The van der Waals surface area contributed by atoms with E-state index in [1.807, 2.05) is 6.20 Å². The highest BCUT2D eigenvalue weighted by Crippen LogP contribution is 2.43. The van der Waals surface area contributed by atoms with Gasteiger partial charge in [0, 0.05) is 37.6 Å². The summed E-state index contributed by atoms with van der Waals surface area (Å²) in [5, 5.41) is 0. The Labute approximate surface area is 127 Å². The number of rotatable bonds is 5. The Balaban J connectivity index is 1.87. The van der Waals surface area contributed by atoms with Crippen LogP contribution in [0.3, 0.4) is 0 Å². The maximum atomic E-state index is 6.78. The molecule has 1 saturated heterocycles. The van der Waals surface area contributed by atoms with Crippen molar-refractivity contribution < 1.29 is 4.74 Å². The second kappa shape index (κ2) is 6.46. The molecule has 1 aromatic rings. The van der Waals surface area contributed by atoms with Crippen LogP contribution in [0, 0.1) is 0 Å². The summed E-state index contributed by atoms with van der Waals surface area (Å²) in [5.74, 6) is 1.06. The van der Waals surface area contributed by atoms with Crippen LogP contribution in [0.4, 0.5) is 0 Å². The minimum atomic E-state index is -0.000324. The summed E-state index contributed by atoms with van der Waals surface area (Å²) >= 11 is 0. The van der Waals surface area contributed by atoms with Gasteiger partial charge in [-0.3, -0.25) is 4.90 Å². The van der Waals surface area contributed by atoms with Gasteiger partial charge in [-0.2, -0.15) is 0 Å². The van der Waals surface area contributed by atoms with Crippen molar-refractivity contribution in [1.82, 2.24) is 14.5 Å². The average Bonchev–Trinajstić information content (AvgIpc) is 3.18. The van der Waals surface area contributed by atoms with Gasteiger partial charge in [0.05, 0.1) is 19.3 Å². The summed E-state index contributed by atoms with van der Waals surface area (Å²) in [6.45, 7) is 6.87. The fourth-order valence-electron chi connectivity index (χ4n) is 4.09. The number of aryl methyl sites for hydroxylation is 1. The Kier molecular flexibility index (Phi) is 4.62. The van der Waals surface area contributed by atoms with Crippen LogP contribution in [0.5, 0.6) is 0 Å². The molecule has 2 fully saturated rings. The Morgan fingerprint density at radius 2 is 2.05 bits per heavy atom. The van der Waals surface area contributed by atoms with E-state index in [9.17, 15) is 0 Å². The van der Waals surface area contributed by atoms with Gasteiger partial charge in [-0.05, 0) is 19.3 Å². The predicted molar refractivity (Wildman–Crippen MR) is 83.0 cm³/mol. The summed E-state index contributed by atoms with van der Waals surface area (Å²) in [6.07, 6.45) is 10.0. The first-order valence-corrected chi connectivity index (χ1v) is 8.37. The minimum absolute atomic E-state index is 0.000324. The van der Waals surface area contributed by atoms with Crippen molar-refractivity contribution in [2.24, 2.45) is 5.73 Å². The zero-order valence-electron chi connectivity index (χ0n) is 13.1. The number of ether oxygens (including phenoxy) is 1. The van der Waals surface area contributed by atoms with Gasteiger partial charge in [0.25, 0.3) is 0 Å². The van der Waals surface area contributed by atoms with Crippen LogP contribution in [-0.4, -0.2) is 46.3 Å². The molecule has 1 saturated carbocycles. The molecule has 118 valence electrons. The molecule has 0 radical (unpaired) electrons. The summed E-state index contributed by atoms with van der Waals surface area (Å²) in [7, 11) is 0. The largest absolute Gasteiger partial charge is 0.379 e. The normalized spacial score (nSPS) is 24.3. The molecule has 3 rings (SSSR count). The average molecular weight is 292 g/mol. The van der Waals surface area contributed by atoms with Crippen molar-refractivity contribution in [2.75, 3.05) is 26.3 Å². The topological polar surface area (TPSA) is 56.3 Å². The lowest BCUT2D eigenvalue weighted by Crippen LogP contribution is -2.57. The van der Waals surface area contributed by atoms with E-state index in [-0.39, 0.29) is 11.6 Å². The number of hydrogen-bond acceptors (Lipinski definition) is 4. The minimum Gasteiger partial charge on any atom is -0.379 e. The first-order chi connectivity index (χ1) is 10.3. The van der Waals surface area contributed by atoms with Crippen molar-refractivity contribution in [3.8, 4) is 0 Å². The van der Waals surface area contributed by atoms with E-state index in [4.69, 9.17) is 10.5 Å². The van der Waals surface area contributed by atoms with Gasteiger partial charge < -0.3 is 15.0 Å². The molecule has 1 atom stereocenters. The Morgan fingerprint density at radius 3 is 2.71 bits per heavy atom. The molecule has 0 bridgehead atoms. The van der Waals surface area contributed by atoms with Gasteiger partial charge in [-0.1, -0.05) is 19.8 Å². The van der Waals surface area contributed by atoms with E-state index in [1.54, 1.807) is 0 Å². The third-order valence-electron chi connectivity index (χ3n) is 5.18. The summed E-state index contributed by atoms with van der Waals surface area (Å²) in [6, 6.07) is -0.000324. The fourth-order valence-corrected chi connectivity index (χ4v) is 4.09. The quantitative estimate of drug-likeness (QED) is 0.901. The molecule has 1 aromatic heterocycles. The molecular weight excluding hydrogens is 264 g/mol. The van der Waals surface area contributed by atoms with E-state index < -0.39 is 0 Å². The van der Waals surface area contributed by atoms with E-state index >= 15 is 0 Å². The van der Waals surface area contributed by atoms with Gasteiger partial charge in [0.1, 0.15) is 5.82 Å². The zero-order chi connectivity index (χ0) is 14.7. The van der Waals surface area contributed by atoms with E-state index in [2.05, 4.69) is 27.6 Å². The smallest absolute Gasteiger partial charge is 0.127 e. The van der Waals surface area contributed by atoms with Crippen molar-refractivity contribution in [3.63, 3.8) is 0 Å². The number of hydrogen-bond donors (Lipinski definition) is 1. The van der Waals surface area contributed by atoms with Crippen LogP contribution >= 0.6 is 0 Å². The molecule has 2 aliphatic rings. The lowest BCUT2D eigenvalue weighted by Gasteiger charge is -2.46. The van der Waals surface area contributed by atoms with E-state index in [0.29, 0.717) is 0 Å². The number of nitrogens with two attached hydrogens (primary N) is 1. The first-order valence-electron chi connectivity index (χ1n) is 8.37. The molecule has 0 amide bonds. The van der Waals surface area contributed by atoms with Gasteiger partial charge in [-0.25, -0.2) is 4.98 Å². The summed E-state index contributed by atoms with van der Waals surface area (Å²) in [4.78, 5) is 7.18. The van der Waals surface area contributed by atoms with Crippen LogP contribution in [0.2, 0.25) is 0 Å². The molecule has 1 unspecified atom stereocenters. The second-order valence-electron chi connectivity index (χ2n) is 6.37. The molecule has 21 heavy (non-hydrogen) atoms. The lowest BCUT2D eigenvalue weighted by atomic mass is 9.85. The molecule has 5 nitrogen and oxygen atoms in total. The summed E-state index contributed by atoms with van der Waals surface area (Å²) in [5.41, 5.74) is 6.86. The molecule has 0 aromatic carbocycles. The van der Waals surface area contributed by atoms with E-state index in [0.717, 1.165) is 45.1 Å². The van der Waals surface area contributed by atoms with Crippen molar-refractivity contribution in [3.05, 3.63) is 18.2 Å². The fraction of sp³-hybridized carbons (Fsp3) is 0.812. The maximum Gasteiger partial charge on any atom is 0.127 e. The maximum absolute atomic E-state index is 6.78. The lowest BCUT2D eigenvalue weighted by molar-refractivity contribution is -0.0325. The van der Waals surface area contributed by atoms with Crippen molar-refractivity contribution in [2.45, 2.75) is 57.2 Å². The number of nitrogens with zero attached hydrogens (tertiary/aromatic N) is 3. The number of imidazole rings is 1. The van der Waals surface area contributed by atoms with Crippen LogP contribution < -0.4 is 5.73 Å². The van der Waals surface area contributed by atoms with Crippen LogP contribution in [-0.2, 0) is 11.3 Å². The van der Waals surface area contributed by atoms with Gasteiger partial charge in [0.2, 0.25) is 0 Å². The zero-order valence-corrected chi connectivity index (χ0v) is 13.1. The van der Waals surface area contributed by atoms with Crippen LogP contribution in [0.25, 0.3) is 0 Å². The highest BCUT2D eigenvalue weighted by atomic mass is 16.5. The highest BCUT2D eigenvalue weighted by molar-refractivity contribution is 5.12. The van der Waals surface area contributed by atoms with E-state index in [1.165, 1.54) is 25.7 Å². The second-order valence-corrected chi connectivity index (χ2v) is 6.37. The predicted octanol–water partition coefficient (Wildman–Crippen LogP) is 1.94. The monoisotopic (exact) mass is 292 g/mol. The Morgan fingerprint density at radius 1 is 1.33 bits per heavy atom. The number of morpholine rings is 1. The van der Waals surface area contributed by atoms with Crippen molar-refractivity contribution >= 4 is 0 Å². The molecule has 2 N–H and O–H groups in total. The molecule has 0 spiro atoms. The van der Waals surface area contributed by atoms with Gasteiger partial charge >= 0.3 is 0 Å². The Bertz CT molecular complexity index is 447. The third kappa shape index (κ3) is 2.74. The first kappa shape index (κ1) is 15.0. The summed E-state index contributed by atoms with van der Waals surface area (Å²) < 4.78 is 7.77. The van der Waals surface area contributed by atoms with Crippen LogP contribution in [0.1, 0.15) is 50.9 Å². The molecular formula is C16H28N4O. The third-order valence-corrected chi connectivity index (χ3v) is 5.18. The highest BCUT2D eigenvalue weighted by Gasteiger charge is 2.46. The van der Waals surface area contributed by atoms with Crippen molar-refractivity contribution in [1.29, 1.82) is 0 Å².